The number of amides is 2. The first-order chi connectivity index (χ1) is 18.5. The lowest BCUT2D eigenvalue weighted by atomic mass is 10.0. The number of carbonyl (C=O) groups excluding carboxylic acids is 2. The van der Waals surface area contributed by atoms with Gasteiger partial charge in [0.15, 0.2) is 0 Å². The Morgan fingerprint density at radius 1 is 1.11 bits per heavy atom. The summed E-state index contributed by atoms with van der Waals surface area (Å²) in [6.07, 6.45) is 1.63. The van der Waals surface area contributed by atoms with Gasteiger partial charge in [-0.2, -0.15) is 0 Å². The Morgan fingerprint density at radius 2 is 1.87 bits per heavy atom. The summed E-state index contributed by atoms with van der Waals surface area (Å²) < 4.78 is 22.3. The molecule has 3 aromatic carbocycles. The fraction of sp³-hybridized carbons (Fsp3) is 0.286. The summed E-state index contributed by atoms with van der Waals surface area (Å²) in [7, 11) is 0. The van der Waals surface area contributed by atoms with Gasteiger partial charge >= 0.3 is 0 Å². The first-order valence-corrected chi connectivity index (χ1v) is 12.8. The second-order valence-electron chi connectivity index (χ2n) is 9.15. The van der Waals surface area contributed by atoms with E-state index in [2.05, 4.69) is 15.6 Å². The Kier molecular flexibility index (Phi) is 7.95. The molecular weight excluding hydrogens is 509 g/mol. The van der Waals surface area contributed by atoms with Crippen molar-refractivity contribution in [3.05, 3.63) is 94.8 Å². The Balaban J connectivity index is 1.52. The highest BCUT2D eigenvalue weighted by molar-refractivity contribution is 6.31. The molecule has 0 spiro atoms. The van der Waals surface area contributed by atoms with Crippen LogP contribution in [0.15, 0.2) is 72.8 Å². The number of benzene rings is 3. The molecule has 2 atom stereocenters. The molecule has 1 aromatic heterocycles. The maximum absolute atomic E-state index is 15.2. The molecule has 1 aliphatic rings. The number of aromatic nitrogens is 3. The number of para-hydroxylation sites is 1. The maximum atomic E-state index is 15.2. The minimum absolute atomic E-state index is 0.0164. The smallest absolute Gasteiger partial charge is 0.247 e. The van der Waals surface area contributed by atoms with Gasteiger partial charge in [0.25, 0.3) is 0 Å². The van der Waals surface area contributed by atoms with Gasteiger partial charge in [0.1, 0.15) is 23.9 Å². The van der Waals surface area contributed by atoms with Crippen LogP contribution in [0.3, 0.4) is 0 Å². The number of rotatable bonds is 9. The highest BCUT2D eigenvalue weighted by atomic mass is 35.5. The molecule has 2 amide bonds. The van der Waals surface area contributed by atoms with E-state index in [1.54, 1.807) is 42.5 Å². The SMILES string of the molecule is O=C(NC[C@@H]1CCCO1)[C@@H](c1ccccc1F)N(Cc1ccccc1Cl)C(=O)Cn1nnc2ccccc21. The summed E-state index contributed by atoms with van der Waals surface area (Å²) in [5.74, 6) is -1.54. The van der Waals surface area contributed by atoms with Crippen LogP contribution in [-0.4, -0.2) is 51.0 Å². The molecule has 4 aromatic rings. The molecule has 0 saturated carbocycles. The van der Waals surface area contributed by atoms with Gasteiger partial charge in [-0.3, -0.25) is 9.59 Å². The minimum Gasteiger partial charge on any atom is -0.376 e. The van der Waals surface area contributed by atoms with Crippen LogP contribution >= 0.6 is 11.6 Å². The standard InChI is InChI=1S/C28H27ClFN5O3/c29-22-11-3-1-8-19(22)17-34(26(36)18-35-25-14-6-5-13-24(25)32-33-35)27(21-10-2-4-12-23(21)30)28(37)31-16-20-9-7-15-38-20/h1-6,8,10-14,20,27H,7,9,15-18H2,(H,31,37)/t20-,27+/m0/s1. The summed E-state index contributed by atoms with van der Waals surface area (Å²) in [4.78, 5) is 29.0. The molecule has 0 radical (unpaired) electrons. The quantitative estimate of drug-likeness (QED) is 0.345. The number of carbonyl (C=O) groups is 2. The third-order valence-electron chi connectivity index (χ3n) is 6.61. The predicted octanol–water partition coefficient (Wildman–Crippen LogP) is 4.29. The Labute approximate surface area is 224 Å². The molecule has 8 nitrogen and oxygen atoms in total. The molecule has 2 heterocycles. The number of hydrogen-bond donors (Lipinski definition) is 1. The summed E-state index contributed by atoms with van der Waals surface area (Å²) >= 11 is 6.45. The molecule has 1 saturated heterocycles. The monoisotopic (exact) mass is 535 g/mol. The summed E-state index contributed by atoms with van der Waals surface area (Å²) in [5.41, 5.74) is 2.02. The second-order valence-corrected chi connectivity index (χ2v) is 9.56. The van der Waals surface area contributed by atoms with Crippen molar-refractivity contribution >= 4 is 34.4 Å². The number of fused-ring (bicyclic) bond motifs is 1. The second kappa shape index (κ2) is 11.7. The van der Waals surface area contributed by atoms with Crippen LogP contribution in [0.2, 0.25) is 5.02 Å². The number of hydrogen-bond acceptors (Lipinski definition) is 5. The van der Waals surface area contributed by atoms with Crippen molar-refractivity contribution in [3.63, 3.8) is 0 Å². The third kappa shape index (κ3) is 5.69. The van der Waals surface area contributed by atoms with E-state index in [-0.39, 0.29) is 31.3 Å². The van der Waals surface area contributed by atoms with Gasteiger partial charge in [-0.1, -0.05) is 65.3 Å². The van der Waals surface area contributed by atoms with Crippen LogP contribution in [0, 0.1) is 5.82 Å². The van der Waals surface area contributed by atoms with Gasteiger partial charge in [-0.25, -0.2) is 9.07 Å². The summed E-state index contributed by atoms with van der Waals surface area (Å²) in [5, 5.41) is 11.6. The molecule has 0 aliphatic carbocycles. The topological polar surface area (TPSA) is 89.4 Å². The number of nitrogens with one attached hydrogen (secondary N) is 1. The maximum Gasteiger partial charge on any atom is 0.247 e. The molecule has 1 fully saturated rings. The Bertz CT molecular complexity index is 1440. The molecular formula is C28H27ClFN5O3. The van der Waals surface area contributed by atoms with Crippen LogP contribution in [0.25, 0.3) is 11.0 Å². The lowest BCUT2D eigenvalue weighted by molar-refractivity contribution is -0.142. The fourth-order valence-corrected chi connectivity index (χ4v) is 4.85. The Hall–Kier alpha value is -3.82. The molecule has 38 heavy (non-hydrogen) atoms. The number of nitrogens with zero attached hydrogens (tertiary/aromatic N) is 4. The van der Waals surface area contributed by atoms with Crippen molar-refractivity contribution in [1.29, 1.82) is 0 Å². The third-order valence-corrected chi connectivity index (χ3v) is 6.98. The zero-order chi connectivity index (χ0) is 26.5. The van der Waals surface area contributed by atoms with Crippen LogP contribution in [0.4, 0.5) is 4.39 Å². The van der Waals surface area contributed by atoms with E-state index in [4.69, 9.17) is 16.3 Å². The van der Waals surface area contributed by atoms with Gasteiger partial charge in [-0.05, 0) is 42.7 Å². The van der Waals surface area contributed by atoms with Crippen molar-refractivity contribution in [3.8, 4) is 0 Å². The zero-order valence-corrected chi connectivity index (χ0v) is 21.4. The lowest BCUT2D eigenvalue weighted by Crippen LogP contribution is -2.46. The van der Waals surface area contributed by atoms with Crippen molar-refractivity contribution in [2.75, 3.05) is 13.2 Å². The first kappa shape index (κ1) is 25.8. The van der Waals surface area contributed by atoms with E-state index in [0.717, 1.165) is 12.8 Å². The molecule has 0 unspecified atom stereocenters. The minimum atomic E-state index is -1.25. The van der Waals surface area contributed by atoms with E-state index < -0.39 is 23.7 Å². The molecule has 0 bridgehead atoms. The average molecular weight is 536 g/mol. The lowest BCUT2D eigenvalue weighted by Gasteiger charge is -2.32. The van der Waals surface area contributed by atoms with Gasteiger partial charge < -0.3 is 15.0 Å². The fourth-order valence-electron chi connectivity index (χ4n) is 4.65. The molecule has 1 N–H and O–H groups in total. The van der Waals surface area contributed by atoms with Gasteiger partial charge in [0, 0.05) is 30.3 Å². The number of halogens is 2. The van der Waals surface area contributed by atoms with Crippen molar-refractivity contribution in [1.82, 2.24) is 25.2 Å². The highest BCUT2D eigenvalue weighted by Crippen LogP contribution is 2.29. The number of ether oxygens (including phenoxy) is 1. The van der Waals surface area contributed by atoms with Gasteiger partial charge in [0.2, 0.25) is 11.8 Å². The highest BCUT2D eigenvalue weighted by Gasteiger charge is 2.34. The van der Waals surface area contributed by atoms with Crippen molar-refractivity contribution in [2.45, 2.75) is 38.1 Å². The van der Waals surface area contributed by atoms with E-state index in [9.17, 15) is 9.59 Å². The van der Waals surface area contributed by atoms with Crippen LogP contribution in [0.5, 0.6) is 0 Å². The van der Waals surface area contributed by atoms with Crippen molar-refractivity contribution in [2.24, 2.45) is 0 Å². The molecule has 5 rings (SSSR count). The van der Waals surface area contributed by atoms with Crippen molar-refractivity contribution < 1.29 is 18.7 Å². The van der Waals surface area contributed by atoms with Crippen LogP contribution < -0.4 is 5.32 Å². The van der Waals surface area contributed by atoms with E-state index >= 15 is 4.39 Å². The largest absolute Gasteiger partial charge is 0.376 e. The van der Waals surface area contributed by atoms with Gasteiger partial charge in [-0.15, -0.1) is 5.10 Å². The van der Waals surface area contributed by atoms with E-state index in [1.807, 2.05) is 18.2 Å². The molecule has 196 valence electrons. The summed E-state index contributed by atoms with van der Waals surface area (Å²) in [6, 6.07) is 19.1. The predicted molar refractivity (Wildman–Crippen MR) is 141 cm³/mol. The normalized spacial score (nSPS) is 15.9. The summed E-state index contributed by atoms with van der Waals surface area (Å²) in [6.45, 7) is 0.693. The average Bonchev–Trinajstić information content (AvgIpc) is 3.59. The molecule has 1 aliphatic heterocycles. The molecule has 10 heteroatoms. The van der Waals surface area contributed by atoms with Crippen LogP contribution in [0.1, 0.15) is 30.0 Å². The van der Waals surface area contributed by atoms with Gasteiger partial charge in [0.05, 0.1) is 11.6 Å². The first-order valence-electron chi connectivity index (χ1n) is 12.5. The van der Waals surface area contributed by atoms with E-state index in [0.29, 0.717) is 28.2 Å². The van der Waals surface area contributed by atoms with E-state index in [1.165, 1.54) is 21.7 Å². The Morgan fingerprint density at radius 3 is 2.66 bits per heavy atom. The zero-order valence-electron chi connectivity index (χ0n) is 20.6. The van der Waals surface area contributed by atoms with Crippen LogP contribution in [-0.2, 0) is 27.4 Å².